The molecule has 23 atom stereocenters. The van der Waals surface area contributed by atoms with E-state index in [1.165, 1.54) is 32.9 Å². The van der Waals surface area contributed by atoms with E-state index in [-0.39, 0.29) is 81.8 Å². The Hall–Kier alpha value is -2.49. The minimum absolute atomic E-state index is 0.0103. The first kappa shape index (κ1) is 57.8. The molecule has 0 aromatic rings. The predicted molar refractivity (Wildman–Crippen MR) is 260 cm³/mol. The first-order valence-corrected chi connectivity index (χ1v) is 26.1. The normalized spacial score (nSPS) is 50.2. The third-order valence-electron chi connectivity index (χ3n) is 18.8. The number of amides is 1. The summed E-state index contributed by atoms with van der Waals surface area (Å²) >= 11 is 0. The molecular weight excluding hydrogens is 925 g/mol. The molecule has 2 aliphatic heterocycles. The lowest BCUT2D eigenvalue weighted by Crippen LogP contribution is -2.71. The van der Waals surface area contributed by atoms with Gasteiger partial charge in [-0.15, -0.1) is 0 Å². The summed E-state index contributed by atoms with van der Waals surface area (Å²) in [5.41, 5.74) is -11.1. The van der Waals surface area contributed by atoms with Crippen molar-refractivity contribution in [1.82, 2.24) is 15.1 Å². The largest absolute Gasteiger partial charge is 0.459 e. The van der Waals surface area contributed by atoms with Gasteiger partial charge in [-0.25, -0.2) is 8.78 Å². The number of nitrogens with zero attached hydrogens (tertiary/aromatic N) is 2. The highest BCUT2D eigenvalue weighted by Gasteiger charge is 2.77. The van der Waals surface area contributed by atoms with E-state index in [4.69, 9.17) is 14.2 Å². The first-order chi connectivity index (χ1) is 32.8. The molecule has 4 aliphatic carbocycles. The van der Waals surface area contributed by atoms with Gasteiger partial charge in [-0.1, -0.05) is 40.7 Å². The zero-order valence-corrected chi connectivity index (χ0v) is 44.3. The zero-order valence-electron chi connectivity index (χ0n) is 44.3. The van der Waals surface area contributed by atoms with Crippen LogP contribution in [0.5, 0.6) is 0 Å². The topological polar surface area (TPSA) is 239 Å². The van der Waals surface area contributed by atoms with Crippen LogP contribution in [-0.2, 0) is 28.6 Å². The maximum absolute atomic E-state index is 17.8. The molecule has 406 valence electrons. The van der Waals surface area contributed by atoms with Crippen LogP contribution in [-0.4, -0.2) is 187 Å². The molecule has 5 fully saturated rings. The van der Waals surface area contributed by atoms with Crippen LogP contribution in [0.25, 0.3) is 0 Å². The summed E-state index contributed by atoms with van der Waals surface area (Å²) in [6.07, 6.45) is -7.07. The zero-order chi connectivity index (χ0) is 53.3. The Morgan fingerprint density at radius 3 is 2.21 bits per heavy atom. The molecule has 1 amide bonds. The van der Waals surface area contributed by atoms with Crippen molar-refractivity contribution in [3.63, 3.8) is 0 Å². The fourth-order valence-corrected chi connectivity index (χ4v) is 14.5. The number of aliphatic hydroxyl groups excluding tert-OH is 4. The number of carbonyl (C=O) groups excluding carboxylic acids is 3. The third kappa shape index (κ3) is 9.97. The standard InChI is InChI=1S/C53H87F2N3O13/c1-14-40-51(11,67)43(63)32(7)58(26-27(2)24-50(10,66)44(30(5)41(61)31(6)45(64)70-40)71-46-42(62)38(57(12)13)21-29(4)69-46)19-15-18-56-47(65)53(68)28(3)20-34-35-23-37(54)36-22-33(59)16-17-48(36,8)52(35,55)39(60)25-49(34,53)9/h16-17,22,27-32,34-35,37-44,46,60-63,66-68H,14-15,18-21,23-26H2,1-13H3,(H,56,65)/t27-,28-,29-,30+,31-,32-,34?,35?,37+,38?,39+,40-,41+,42-,43-,44?,46+,48+,49+,50-,51-,52+,53+/m1/s1. The van der Waals surface area contributed by atoms with E-state index in [0.717, 1.165) is 6.08 Å². The van der Waals surface area contributed by atoms with Crippen molar-refractivity contribution in [3.8, 4) is 0 Å². The van der Waals surface area contributed by atoms with E-state index in [1.54, 1.807) is 41.5 Å². The molecule has 0 aromatic heterocycles. The van der Waals surface area contributed by atoms with Gasteiger partial charge in [0, 0.05) is 54.4 Å². The fourth-order valence-electron chi connectivity index (χ4n) is 14.5. The van der Waals surface area contributed by atoms with Crippen LogP contribution in [0, 0.1) is 46.3 Å². The number of esters is 1. The smallest absolute Gasteiger partial charge is 0.311 e. The number of carbonyl (C=O) groups is 3. The molecular formula is C53H87F2N3O13. The highest BCUT2D eigenvalue weighted by Crippen LogP contribution is 2.71. The van der Waals surface area contributed by atoms with Gasteiger partial charge in [0.2, 0.25) is 0 Å². The summed E-state index contributed by atoms with van der Waals surface area (Å²) < 4.78 is 52.4. The Morgan fingerprint density at radius 1 is 0.944 bits per heavy atom. The van der Waals surface area contributed by atoms with Crippen LogP contribution < -0.4 is 5.32 Å². The highest BCUT2D eigenvalue weighted by atomic mass is 19.1. The summed E-state index contributed by atoms with van der Waals surface area (Å²) in [5, 5.41) is 87.1. The van der Waals surface area contributed by atoms with E-state index in [1.807, 2.05) is 37.7 Å². The Kier molecular flexibility index (Phi) is 17.0. The lowest BCUT2D eigenvalue weighted by Gasteiger charge is -2.63. The SMILES string of the molecule is CC[C@H]1OC(=O)[C@H](C)[C@@H](O)[C@H](C)C(O[C@@H]2O[C@H](C)CC(N(C)C)[C@H]2O)[C@](C)(O)C[C@@H](C)CN(CCCNC(=O)[C@@]2(O)[C@H](C)CC3C4C[C@H](F)C5=CC(=O)C=C[C@]5(C)[C@@]4(F)[C@@H](O)C[C@@]32C)[C@H](C)[C@@H](O)[C@]1(C)O. The van der Waals surface area contributed by atoms with Gasteiger partial charge in [0.05, 0.1) is 35.9 Å². The van der Waals surface area contributed by atoms with Gasteiger partial charge in [0.15, 0.2) is 23.3 Å². The van der Waals surface area contributed by atoms with E-state index >= 15 is 8.78 Å². The number of alkyl halides is 2. The van der Waals surface area contributed by atoms with Crippen LogP contribution in [0.4, 0.5) is 8.78 Å². The van der Waals surface area contributed by atoms with Crippen LogP contribution in [0.2, 0.25) is 0 Å². The molecule has 6 aliphatic rings. The summed E-state index contributed by atoms with van der Waals surface area (Å²) in [6, 6.07) is -1.14. The van der Waals surface area contributed by atoms with Crippen LogP contribution in [0.1, 0.15) is 121 Å². The summed E-state index contributed by atoms with van der Waals surface area (Å²) in [4.78, 5) is 44.3. The molecule has 71 heavy (non-hydrogen) atoms. The molecule has 2 saturated heterocycles. The number of nitrogens with one attached hydrogen (secondary N) is 1. The lowest BCUT2D eigenvalue weighted by molar-refractivity contribution is -0.299. The molecule has 18 heteroatoms. The van der Waals surface area contributed by atoms with Crippen molar-refractivity contribution in [2.45, 2.75) is 211 Å². The average molecular weight is 1010 g/mol. The Labute approximate surface area is 419 Å². The molecule has 4 unspecified atom stereocenters. The van der Waals surface area contributed by atoms with Gasteiger partial charge in [-0.3, -0.25) is 19.3 Å². The third-order valence-corrected chi connectivity index (χ3v) is 18.8. The molecule has 0 spiro atoms. The Bertz CT molecular complexity index is 2010. The number of hydrogen-bond acceptors (Lipinski definition) is 15. The predicted octanol–water partition coefficient (Wildman–Crippen LogP) is 3.15. The van der Waals surface area contributed by atoms with Crippen molar-refractivity contribution < 1.29 is 73.1 Å². The van der Waals surface area contributed by atoms with Gasteiger partial charge in [-0.2, -0.15) is 0 Å². The number of hydrogen-bond donors (Lipinski definition) is 8. The van der Waals surface area contributed by atoms with E-state index in [9.17, 15) is 50.1 Å². The lowest BCUT2D eigenvalue weighted by atomic mass is 9.44. The number of aliphatic hydroxyl groups is 7. The van der Waals surface area contributed by atoms with Gasteiger partial charge in [0.1, 0.15) is 30.1 Å². The number of likely N-dealkylation sites (N-methyl/N-ethyl adjacent to an activating group) is 1. The van der Waals surface area contributed by atoms with Crippen LogP contribution in [0.15, 0.2) is 23.8 Å². The van der Waals surface area contributed by atoms with Gasteiger partial charge in [-0.05, 0) is 136 Å². The number of halogens is 2. The number of rotatable bonds is 9. The van der Waals surface area contributed by atoms with Crippen LogP contribution >= 0.6 is 0 Å². The number of ketones is 1. The fraction of sp³-hybridized carbons (Fsp3) is 0.868. The molecule has 2 heterocycles. The second-order valence-corrected chi connectivity index (χ2v) is 24.0. The van der Waals surface area contributed by atoms with Gasteiger partial charge in [0.25, 0.3) is 5.91 Å². The van der Waals surface area contributed by atoms with Crippen molar-refractivity contribution in [1.29, 1.82) is 0 Å². The number of fused-ring (bicyclic) bond motifs is 5. The molecule has 0 radical (unpaired) electrons. The quantitative estimate of drug-likeness (QED) is 0.122. The monoisotopic (exact) mass is 1010 g/mol. The van der Waals surface area contributed by atoms with Crippen molar-refractivity contribution in [2.75, 3.05) is 33.7 Å². The van der Waals surface area contributed by atoms with E-state index in [2.05, 4.69) is 5.32 Å². The van der Waals surface area contributed by atoms with Crippen molar-refractivity contribution >= 4 is 17.7 Å². The minimum atomic E-state index is -2.37. The Balaban J connectivity index is 1.23. The molecule has 0 bridgehead atoms. The average Bonchev–Trinajstić information content (AvgIpc) is 3.49. The van der Waals surface area contributed by atoms with Gasteiger partial charge >= 0.3 is 5.97 Å². The molecule has 0 aromatic carbocycles. The summed E-state index contributed by atoms with van der Waals surface area (Å²) in [5.74, 6) is -6.93. The molecule has 16 nitrogen and oxygen atoms in total. The first-order valence-electron chi connectivity index (χ1n) is 26.1. The van der Waals surface area contributed by atoms with Crippen molar-refractivity contribution in [3.05, 3.63) is 23.8 Å². The van der Waals surface area contributed by atoms with Crippen molar-refractivity contribution in [2.24, 2.45) is 46.3 Å². The number of ether oxygens (including phenoxy) is 3. The van der Waals surface area contributed by atoms with E-state index < -0.39 is 136 Å². The minimum Gasteiger partial charge on any atom is -0.459 e. The maximum atomic E-state index is 17.8. The summed E-state index contributed by atoms with van der Waals surface area (Å²) in [7, 11) is 3.68. The molecule has 3 saturated carbocycles. The summed E-state index contributed by atoms with van der Waals surface area (Å²) in [6.45, 7) is 18.6. The second-order valence-electron chi connectivity index (χ2n) is 24.0. The number of allylic oxidation sites excluding steroid dienone is 4. The second kappa shape index (κ2) is 20.9. The van der Waals surface area contributed by atoms with Crippen LogP contribution in [0.3, 0.4) is 0 Å². The number of cyclic esters (lactones) is 1. The molecule has 8 N–H and O–H groups in total. The maximum Gasteiger partial charge on any atom is 0.311 e. The highest BCUT2D eigenvalue weighted by molar-refractivity contribution is 6.01. The van der Waals surface area contributed by atoms with Gasteiger partial charge < -0.3 is 60.2 Å². The Morgan fingerprint density at radius 2 is 1.59 bits per heavy atom. The van der Waals surface area contributed by atoms with E-state index in [0.29, 0.717) is 6.42 Å². The molecule has 6 rings (SSSR count).